The molecule has 0 radical (unpaired) electrons. The topological polar surface area (TPSA) is 9.23 Å². The van der Waals surface area contributed by atoms with E-state index in [1.165, 1.54) is 0 Å². The maximum absolute atomic E-state index is 5.86. The molecular weight excluding hydrogens is 231 g/mol. The third-order valence-electron chi connectivity index (χ3n) is 2.08. The molecule has 0 aromatic heterocycles. The zero-order chi connectivity index (χ0) is 10.9. The van der Waals surface area contributed by atoms with Crippen LogP contribution in [0.2, 0.25) is 5.02 Å². The molecule has 15 heavy (non-hydrogen) atoms. The maximum Gasteiger partial charge on any atom is 0.0717 e. The van der Waals surface area contributed by atoms with Gasteiger partial charge in [-0.15, -0.1) is 11.6 Å². The predicted octanol–water partition coefficient (Wildman–Crippen LogP) is 4.27. The number of benzene rings is 1. The lowest BCUT2D eigenvalue weighted by Crippen LogP contribution is -1.95. The molecule has 0 fully saturated rings. The van der Waals surface area contributed by atoms with Crippen molar-refractivity contribution in [3.8, 4) is 0 Å². The van der Waals surface area contributed by atoms with Gasteiger partial charge in [-0.05, 0) is 37.0 Å². The average Bonchev–Trinajstić information content (AvgIpc) is 2.23. The van der Waals surface area contributed by atoms with Gasteiger partial charge in [0.1, 0.15) is 0 Å². The fourth-order valence-electron chi connectivity index (χ4n) is 1.29. The van der Waals surface area contributed by atoms with Gasteiger partial charge < -0.3 is 4.74 Å². The number of halogens is 2. The second-order valence-electron chi connectivity index (χ2n) is 3.43. The first-order chi connectivity index (χ1) is 7.33. The minimum atomic E-state index is 0.640. The van der Waals surface area contributed by atoms with Crippen molar-refractivity contribution in [3.63, 3.8) is 0 Å². The first-order valence-electron chi connectivity index (χ1n) is 5.21. The van der Waals surface area contributed by atoms with E-state index in [0.29, 0.717) is 6.61 Å². The van der Waals surface area contributed by atoms with Crippen molar-refractivity contribution in [2.75, 3.05) is 12.5 Å². The van der Waals surface area contributed by atoms with E-state index in [9.17, 15) is 0 Å². The van der Waals surface area contributed by atoms with Gasteiger partial charge >= 0.3 is 0 Å². The lowest BCUT2D eigenvalue weighted by atomic mass is 10.2. The Hall–Kier alpha value is -0.240. The average molecular weight is 247 g/mol. The Labute approximate surface area is 101 Å². The number of hydrogen-bond donors (Lipinski definition) is 0. The Morgan fingerprint density at radius 3 is 2.73 bits per heavy atom. The van der Waals surface area contributed by atoms with Crippen molar-refractivity contribution >= 4 is 23.2 Å². The SMILES string of the molecule is ClCCCCCOCc1cccc(Cl)c1. The zero-order valence-electron chi connectivity index (χ0n) is 8.72. The predicted molar refractivity (Wildman–Crippen MR) is 65.7 cm³/mol. The molecule has 0 heterocycles. The van der Waals surface area contributed by atoms with Gasteiger partial charge in [0.25, 0.3) is 0 Å². The summed E-state index contributed by atoms with van der Waals surface area (Å²) in [6, 6.07) is 7.75. The Bertz CT molecular complexity index is 276. The molecule has 0 aliphatic rings. The summed E-state index contributed by atoms with van der Waals surface area (Å²) >= 11 is 11.4. The summed E-state index contributed by atoms with van der Waals surface area (Å²) in [6.45, 7) is 1.44. The van der Waals surface area contributed by atoms with Gasteiger partial charge in [0.15, 0.2) is 0 Å². The van der Waals surface area contributed by atoms with Crippen LogP contribution in [0, 0.1) is 0 Å². The molecule has 1 aromatic carbocycles. The van der Waals surface area contributed by atoms with Crippen molar-refractivity contribution in [3.05, 3.63) is 34.9 Å². The molecule has 0 aliphatic heterocycles. The molecule has 0 N–H and O–H groups in total. The van der Waals surface area contributed by atoms with Crippen molar-refractivity contribution in [1.82, 2.24) is 0 Å². The van der Waals surface area contributed by atoms with Gasteiger partial charge in [0, 0.05) is 17.5 Å². The monoisotopic (exact) mass is 246 g/mol. The van der Waals surface area contributed by atoms with E-state index in [0.717, 1.165) is 42.3 Å². The van der Waals surface area contributed by atoms with Crippen LogP contribution in [-0.4, -0.2) is 12.5 Å². The molecule has 3 heteroatoms. The molecule has 0 amide bonds. The second-order valence-corrected chi connectivity index (χ2v) is 4.25. The van der Waals surface area contributed by atoms with Crippen molar-refractivity contribution in [1.29, 1.82) is 0 Å². The van der Waals surface area contributed by atoms with Crippen LogP contribution in [0.15, 0.2) is 24.3 Å². The fraction of sp³-hybridized carbons (Fsp3) is 0.500. The van der Waals surface area contributed by atoms with E-state index in [4.69, 9.17) is 27.9 Å². The van der Waals surface area contributed by atoms with Crippen LogP contribution >= 0.6 is 23.2 Å². The second kappa shape index (κ2) is 7.98. The van der Waals surface area contributed by atoms with Crippen LogP contribution in [0.4, 0.5) is 0 Å². The van der Waals surface area contributed by atoms with Crippen LogP contribution < -0.4 is 0 Å². The van der Waals surface area contributed by atoms with Crippen LogP contribution in [0.3, 0.4) is 0 Å². The molecule has 1 aromatic rings. The van der Waals surface area contributed by atoms with E-state index >= 15 is 0 Å². The highest BCUT2D eigenvalue weighted by molar-refractivity contribution is 6.30. The standard InChI is InChI=1S/C12H16Cl2O/c13-7-2-1-3-8-15-10-11-5-4-6-12(14)9-11/h4-6,9H,1-3,7-8,10H2. The fourth-order valence-corrected chi connectivity index (χ4v) is 1.69. The smallest absolute Gasteiger partial charge is 0.0717 e. The van der Waals surface area contributed by atoms with Gasteiger partial charge in [-0.1, -0.05) is 23.7 Å². The molecule has 1 nitrogen and oxygen atoms in total. The van der Waals surface area contributed by atoms with Gasteiger partial charge in [-0.2, -0.15) is 0 Å². The summed E-state index contributed by atoms with van der Waals surface area (Å²) in [5, 5.41) is 0.762. The van der Waals surface area contributed by atoms with E-state index in [2.05, 4.69) is 0 Å². The summed E-state index contributed by atoms with van der Waals surface area (Å²) in [5.74, 6) is 0.744. The molecule has 0 atom stereocenters. The van der Waals surface area contributed by atoms with Crippen molar-refractivity contribution in [2.24, 2.45) is 0 Å². The number of alkyl halides is 1. The summed E-state index contributed by atoms with van der Waals surface area (Å²) < 4.78 is 5.52. The highest BCUT2D eigenvalue weighted by Gasteiger charge is 1.94. The van der Waals surface area contributed by atoms with Crippen molar-refractivity contribution < 1.29 is 4.74 Å². The van der Waals surface area contributed by atoms with E-state index in [1.54, 1.807) is 0 Å². The third-order valence-corrected chi connectivity index (χ3v) is 2.58. The Morgan fingerprint density at radius 1 is 1.13 bits per heavy atom. The summed E-state index contributed by atoms with van der Waals surface area (Å²) in [6.07, 6.45) is 3.29. The summed E-state index contributed by atoms with van der Waals surface area (Å²) in [5.41, 5.74) is 1.12. The summed E-state index contributed by atoms with van der Waals surface area (Å²) in [7, 11) is 0. The van der Waals surface area contributed by atoms with Crippen LogP contribution in [-0.2, 0) is 11.3 Å². The van der Waals surface area contributed by atoms with E-state index < -0.39 is 0 Å². The molecule has 0 spiro atoms. The van der Waals surface area contributed by atoms with Crippen LogP contribution in [0.1, 0.15) is 24.8 Å². The molecule has 0 saturated carbocycles. The first kappa shape index (κ1) is 12.8. The number of hydrogen-bond acceptors (Lipinski definition) is 1. The molecule has 0 bridgehead atoms. The minimum absolute atomic E-state index is 0.640. The minimum Gasteiger partial charge on any atom is -0.377 e. The van der Waals surface area contributed by atoms with Gasteiger partial charge in [0.2, 0.25) is 0 Å². The van der Waals surface area contributed by atoms with Gasteiger partial charge in [-0.3, -0.25) is 0 Å². The first-order valence-corrected chi connectivity index (χ1v) is 6.12. The molecule has 0 aliphatic carbocycles. The molecule has 0 unspecified atom stereocenters. The Kier molecular flexibility index (Phi) is 6.82. The molecule has 84 valence electrons. The largest absolute Gasteiger partial charge is 0.377 e. The zero-order valence-corrected chi connectivity index (χ0v) is 10.2. The number of unbranched alkanes of at least 4 members (excludes halogenated alkanes) is 2. The highest BCUT2D eigenvalue weighted by Crippen LogP contribution is 2.11. The quantitative estimate of drug-likeness (QED) is 0.516. The Balaban J connectivity index is 2.10. The third kappa shape index (κ3) is 6.03. The van der Waals surface area contributed by atoms with E-state index in [-0.39, 0.29) is 0 Å². The molecule has 1 rings (SSSR count). The van der Waals surface area contributed by atoms with Crippen LogP contribution in [0.25, 0.3) is 0 Å². The van der Waals surface area contributed by atoms with E-state index in [1.807, 2.05) is 24.3 Å². The normalized spacial score (nSPS) is 10.5. The molecular formula is C12H16Cl2O. The highest BCUT2D eigenvalue weighted by atomic mass is 35.5. The molecule has 0 saturated heterocycles. The van der Waals surface area contributed by atoms with Gasteiger partial charge in [0.05, 0.1) is 6.61 Å². The van der Waals surface area contributed by atoms with Crippen molar-refractivity contribution in [2.45, 2.75) is 25.9 Å². The number of ether oxygens (including phenoxy) is 1. The Morgan fingerprint density at radius 2 is 2.00 bits per heavy atom. The van der Waals surface area contributed by atoms with Crippen LogP contribution in [0.5, 0.6) is 0 Å². The van der Waals surface area contributed by atoms with Gasteiger partial charge in [-0.25, -0.2) is 0 Å². The lowest BCUT2D eigenvalue weighted by molar-refractivity contribution is 0.117. The lowest BCUT2D eigenvalue weighted by Gasteiger charge is -2.04. The maximum atomic E-state index is 5.86. The number of rotatable bonds is 7. The summed E-state index contributed by atoms with van der Waals surface area (Å²) in [4.78, 5) is 0.